The molecule has 0 saturated heterocycles. The Morgan fingerprint density at radius 1 is 1.13 bits per heavy atom. The van der Waals surface area contributed by atoms with Gasteiger partial charge in [-0.15, -0.1) is 0 Å². The third-order valence-electron chi connectivity index (χ3n) is 2.38. The molecule has 0 heterocycles. The summed E-state index contributed by atoms with van der Waals surface area (Å²) in [6.07, 6.45) is 0. The van der Waals surface area contributed by atoms with Gasteiger partial charge in [0, 0.05) is 5.60 Å². The third kappa shape index (κ3) is 4.18. The van der Waals surface area contributed by atoms with Gasteiger partial charge in [0.2, 0.25) is 9.04 Å². The summed E-state index contributed by atoms with van der Waals surface area (Å²) < 4.78 is 6.06. The fraction of sp³-hybridized carbons (Fsp3) is 0.538. The standard InChI is InChI=1S/C13H21OSi/c1-11(12-9-7-6-8-10-12)15(5)14-13(2,3)4/h6-11H,1-5H3. The van der Waals surface area contributed by atoms with Gasteiger partial charge in [-0.05, 0) is 38.4 Å². The summed E-state index contributed by atoms with van der Waals surface area (Å²) >= 11 is 0. The summed E-state index contributed by atoms with van der Waals surface area (Å²) in [4.78, 5) is 0. The van der Waals surface area contributed by atoms with E-state index in [-0.39, 0.29) is 5.60 Å². The average molecular weight is 221 g/mol. The van der Waals surface area contributed by atoms with E-state index in [0.717, 1.165) is 0 Å². The molecule has 0 saturated carbocycles. The monoisotopic (exact) mass is 221 g/mol. The molecule has 1 atom stereocenters. The second kappa shape index (κ2) is 4.95. The van der Waals surface area contributed by atoms with E-state index in [4.69, 9.17) is 4.43 Å². The molecule has 15 heavy (non-hydrogen) atoms. The molecule has 0 N–H and O–H groups in total. The predicted molar refractivity (Wildman–Crippen MR) is 67.3 cm³/mol. The Labute approximate surface area is 95.2 Å². The topological polar surface area (TPSA) is 9.23 Å². The van der Waals surface area contributed by atoms with Crippen molar-refractivity contribution >= 4 is 9.04 Å². The van der Waals surface area contributed by atoms with Crippen molar-refractivity contribution in [1.82, 2.24) is 0 Å². The van der Waals surface area contributed by atoms with E-state index in [1.807, 2.05) is 0 Å². The van der Waals surface area contributed by atoms with Gasteiger partial charge >= 0.3 is 0 Å². The van der Waals surface area contributed by atoms with Crippen molar-refractivity contribution < 1.29 is 4.43 Å². The molecule has 1 nitrogen and oxygen atoms in total. The Hall–Kier alpha value is -0.603. The molecule has 1 aromatic carbocycles. The zero-order chi connectivity index (χ0) is 11.5. The molecule has 0 aliphatic heterocycles. The van der Waals surface area contributed by atoms with E-state index >= 15 is 0 Å². The minimum absolute atomic E-state index is 0.0217. The largest absolute Gasteiger partial charge is 0.412 e. The van der Waals surface area contributed by atoms with Crippen LogP contribution in [0.5, 0.6) is 0 Å². The van der Waals surface area contributed by atoms with Crippen LogP contribution in [0.25, 0.3) is 0 Å². The van der Waals surface area contributed by atoms with Gasteiger partial charge in [0.05, 0.1) is 0 Å². The van der Waals surface area contributed by atoms with Gasteiger partial charge in [-0.3, -0.25) is 0 Å². The van der Waals surface area contributed by atoms with E-state index in [2.05, 4.69) is 64.6 Å². The van der Waals surface area contributed by atoms with Crippen molar-refractivity contribution in [3.8, 4) is 0 Å². The Balaban J connectivity index is 2.65. The van der Waals surface area contributed by atoms with Crippen molar-refractivity contribution in [1.29, 1.82) is 0 Å². The van der Waals surface area contributed by atoms with Gasteiger partial charge in [0.25, 0.3) is 0 Å². The zero-order valence-corrected chi connectivity index (χ0v) is 11.4. The maximum atomic E-state index is 6.06. The predicted octanol–water partition coefficient (Wildman–Crippen LogP) is 3.77. The van der Waals surface area contributed by atoms with Gasteiger partial charge in [-0.2, -0.15) is 0 Å². The number of hydrogen-bond donors (Lipinski definition) is 0. The molecule has 83 valence electrons. The highest BCUT2D eigenvalue weighted by Gasteiger charge is 2.23. The summed E-state index contributed by atoms with van der Waals surface area (Å²) in [6, 6.07) is 10.6. The molecular weight excluding hydrogens is 200 g/mol. The summed E-state index contributed by atoms with van der Waals surface area (Å²) in [5, 5.41) is 0. The first-order chi connectivity index (χ1) is 6.90. The molecule has 2 heteroatoms. The summed E-state index contributed by atoms with van der Waals surface area (Å²) in [5.74, 6) is 0. The fourth-order valence-corrected chi connectivity index (χ4v) is 3.35. The van der Waals surface area contributed by atoms with E-state index in [9.17, 15) is 0 Å². The molecule has 0 fully saturated rings. The van der Waals surface area contributed by atoms with E-state index in [1.54, 1.807) is 0 Å². The average Bonchev–Trinajstić information content (AvgIpc) is 2.15. The molecule has 0 spiro atoms. The molecule has 0 bridgehead atoms. The SMILES string of the molecule is CC(c1ccccc1)[Si](C)OC(C)(C)C. The van der Waals surface area contributed by atoms with Crippen LogP contribution in [0, 0.1) is 0 Å². The van der Waals surface area contributed by atoms with E-state index in [0.29, 0.717) is 5.54 Å². The lowest BCUT2D eigenvalue weighted by molar-refractivity contribution is 0.127. The van der Waals surface area contributed by atoms with Crippen LogP contribution < -0.4 is 0 Å². The second-order valence-electron chi connectivity index (χ2n) is 4.96. The van der Waals surface area contributed by atoms with Gasteiger partial charge in [0.15, 0.2) is 0 Å². The Kier molecular flexibility index (Phi) is 4.11. The zero-order valence-electron chi connectivity index (χ0n) is 10.4. The van der Waals surface area contributed by atoms with Crippen molar-refractivity contribution in [2.75, 3.05) is 0 Å². The quantitative estimate of drug-likeness (QED) is 0.706. The second-order valence-corrected chi connectivity index (χ2v) is 7.25. The Morgan fingerprint density at radius 3 is 2.13 bits per heavy atom. The first-order valence-corrected chi connectivity index (χ1v) is 7.46. The number of rotatable bonds is 3. The van der Waals surface area contributed by atoms with Crippen molar-refractivity contribution in [2.45, 2.75) is 45.4 Å². The van der Waals surface area contributed by atoms with Crippen LogP contribution in [-0.2, 0) is 4.43 Å². The lowest BCUT2D eigenvalue weighted by Gasteiger charge is -2.27. The lowest BCUT2D eigenvalue weighted by Crippen LogP contribution is -2.32. The van der Waals surface area contributed by atoms with Crippen molar-refractivity contribution in [2.24, 2.45) is 0 Å². The Morgan fingerprint density at radius 2 is 1.67 bits per heavy atom. The molecule has 0 aliphatic carbocycles. The highest BCUT2D eigenvalue weighted by Crippen LogP contribution is 2.22. The number of benzene rings is 1. The van der Waals surface area contributed by atoms with Crippen molar-refractivity contribution in [3.63, 3.8) is 0 Å². The van der Waals surface area contributed by atoms with Crippen LogP contribution >= 0.6 is 0 Å². The van der Waals surface area contributed by atoms with E-state index < -0.39 is 9.04 Å². The van der Waals surface area contributed by atoms with Crippen LogP contribution in [0.4, 0.5) is 0 Å². The third-order valence-corrected chi connectivity index (χ3v) is 4.86. The summed E-state index contributed by atoms with van der Waals surface area (Å²) in [6.45, 7) is 10.9. The molecule has 1 unspecified atom stereocenters. The van der Waals surface area contributed by atoms with Crippen LogP contribution in [0.3, 0.4) is 0 Å². The van der Waals surface area contributed by atoms with Crippen LogP contribution in [-0.4, -0.2) is 14.6 Å². The molecule has 0 aromatic heterocycles. The normalized spacial score (nSPS) is 14.3. The summed E-state index contributed by atoms with van der Waals surface area (Å²) in [5.41, 5.74) is 1.90. The van der Waals surface area contributed by atoms with Gasteiger partial charge in [0.1, 0.15) is 0 Å². The highest BCUT2D eigenvalue weighted by molar-refractivity contribution is 6.52. The van der Waals surface area contributed by atoms with Crippen LogP contribution in [0.2, 0.25) is 6.55 Å². The minimum Gasteiger partial charge on any atom is -0.412 e. The Bertz CT molecular complexity index is 289. The van der Waals surface area contributed by atoms with Gasteiger partial charge in [-0.1, -0.05) is 37.3 Å². The van der Waals surface area contributed by atoms with Crippen LogP contribution in [0.1, 0.15) is 38.8 Å². The van der Waals surface area contributed by atoms with Crippen molar-refractivity contribution in [3.05, 3.63) is 35.9 Å². The molecule has 0 aliphatic rings. The first kappa shape index (κ1) is 12.5. The van der Waals surface area contributed by atoms with Gasteiger partial charge < -0.3 is 4.43 Å². The summed E-state index contributed by atoms with van der Waals surface area (Å²) in [7, 11) is -0.777. The maximum absolute atomic E-state index is 6.06. The maximum Gasteiger partial charge on any atom is 0.216 e. The first-order valence-electron chi connectivity index (χ1n) is 5.47. The molecule has 1 aromatic rings. The molecular formula is C13H21OSi. The van der Waals surface area contributed by atoms with E-state index in [1.165, 1.54) is 5.56 Å². The smallest absolute Gasteiger partial charge is 0.216 e. The van der Waals surface area contributed by atoms with Gasteiger partial charge in [-0.25, -0.2) is 0 Å². The fourth-order valence-electron chi connectivity index (χ4n) is 1.55. The van der Waals surface area contributed by atoms with Crippen LogP contribution in [0.15, 0.2) is 30.3 Å². The highest BCUT2D eigenvalue weighted by atomic mass is 28.3. The lowest BCUT2D eigenvalue weighted by atomic mass is 10.2. The molecule has 1 rings (SSSR count). The molecule has 0 amide bonds. The number of hydrogen-bond acceptors (Lipinski definition) is 1. The minimum atomic E-state index is -0.777. The molecule has 1 radical (unpaired) electrons.